The quantitative estimate of drug-likeness (QED) is 0.0277. The fourth-order valence-electron chi connectivity index (χ4n) is 10.3. The SMILES string of the molecule is CCCCCCCCCCCCCCCCCCCCCCC(O)C(=O)NC(COC1OC(CO)C(OC2OC(CO)C(O)C(O)C2NC(C)=O)C(O)C1O)C(O)C(O)CCCCCCCCCCCCC(C)C. The maximum absolute atomic E-state index is 13.4. The molecule has 14 atom stereocenters. The largest absolute Gasteiger partial charge is 0.394 e. The van der Waals surface area contributed by atoms with Gasteiger partial charge in [-0.3, -0.25) is 9.59 Å². The van der Waals surface area contributed by atoms with Gasteiger partial charge in [-0.1, -0.05) is 220 Å². The van der Waals surface area contributed by atoms with Crippen LogP contribution in [0.15, 0.2) is 0 Å². The minimum absolute atomic E-state index is 0.202. The molecule has 2 rings (SSSR count). The van der Waals surface area contributed by atoms with Gasteiger partial charge in [-0.15, -0.1) is 0 Å². The zero-order valence-electron chi connectivity index (χ0n) is 46.6. The average Bonchev–Trinajstić information content (AvgIpc) is 3.38. The maximum atomic E-state index is 13.4. The first-order valence-corrected chi connectivity index (χ1v) is 29.8. The summed E-state index contributed by atoms with van der Waals surface area (Å²) in [6, 6.07) is -2.67. The number of carbonyl (C=O) groups excluding carboxylic acids is 2. The summed E-state index contributed by atoms with van der Waals surface area (Å²) in [6.45, 7) is 5.88. The fourth-order valence-corrected chi connectivity index (χ4v) is 10.3. The summed E-state index contributed by atoms with van der Waals surface area (Å²) in [5.41, 5.74) is 0. The molecule has 0 aliphatic carbocycles. The van der Waals surface area contributed by atoms with E-state index < -0.39 is 117 Å². The molecule has 438 valence electrons. The van der Waals surface area contributed by atoms with Crippen molar-refractivity contribution >= 4 is 11.8 Å². The molecule has 2 aliphatic heterocycles. The van der Waals surface area contributed by atoms with Crippen LogP contribution in [0.1, 0.15) is 240 Å². The van der Waals surface area contributed by atoms with E-state index in [4.69, 9.17) is 18.9 Å². The number of aliphatic hydroxyl groups excluding tert-OH is 9. The van der Waals surface area contributed by atoms with Crippen LogP contribution < -0.4 is 10.6 Å². The number of rotatable bonds is 46. The van der Waals surface area contributed by atoms with Crippen LogP contribution in [0.2, 0.25) is 0 Å². The third-order valence-electron chi connectivity index (χ3n) is 15.1. The van der Waals surface area contributed by atoms with Gasteiger partial charge in [0.05, 0.1) is 32.0 Å². The van der Waals surface area contributed by atoms with Gasteiger partial charge in [-0.05, 0) is 18.8 Å². The van der Waals surface area contributed by atoms with Crippen LogP contribution in [-0.4, -0.2) is 163 Å². The number of amides is 2. The Labute approximate surface area is 446 Å². The van der Waals surface area contributed by atoms with Crippen LogP contribution in [0.3, 0.4) is 0 Å². The Bertz CT molecular complexity index is 1370. The van der Waals surface area contributed by atoms with E-state index in [1.807, 2.05) is 0 Å². The zero-order chi connectivity index (χ0) is 54.5. The third-order valence-corrected chi connectivity index (χ3v) is 15.1. The van der Waals surface area contributed by atoms with E-state index in [-0.39, 0.29) is 12.8 Å². The molecule has 14 unspecified atom stereocenters. The van der Waals surface area contributed by atoms with Crippen molar-refractivity contribution in [3.63, 3.8) is 0 Å². The highest BCUT2D eigenvalue weighted by atomic mass is 16.7. The molecular weight excluding hydrogens is 953 g/mol. The summed E-state index contributed by atoms with van der Waals surface area (Å²) in [6.07, 6.45) is 18.9. The van der Waals surface area contributed by atoms with E-state index in [1.165, 1.54) is 141 Å². The van der Waals surface area contributed by atoms with Crippen molar-refractivity contribution < 1.29 is 74.5 Å². The van der Waals surface area contributed by atoms with Gasteiger partial charge in [0.25, 0.3) is 0 Å². The maximum Gasteiger partial charge on any atom is 0.249 e. The van der Waals surface area contributed by atoms with Crippen LogP contribution in [0.25, 0.3) is 0 Å². The van der Waals surface area contributed by atoms with Crippen molar-refractivity contribution in [2.24, 2.45) is 5.92 Å². The van der Waals surface area contributed by atoms with E-state index in [0.29, 0.717) is 12.8 Å². The van der Waals surface area contributed by atoms with E-state index in [0.717, 1.165) is 57.8 Å². The molecule has 74 heavy (non-hydrogen) atoms. The van der Waals surface area contributed by atoms with E-state index >= 15 is 0 Å². The highest BCUT2D eigenvalue weighted by molar-refractivity contribution is 5.80. The molecule has 0 aromatic carbocycles. The number of unbranched alkanes of at least 4 members (excludes halogenated alkanes) is 28. The number of carbonyl (C=O) groups is 2. The molecule has 2 aliphatic rings. The van der Waals surface area contributed by atoms with Gasteiger partial charge in [0.15, 0.2) is 12.6 Å². The molecule has 0 aromatic heterocycles. The monoisotopic (exact) mass is 1060 g/mol. The van der Waals surface area contributed by atoms with Gasteiger partial charge in [0.2, 0.25) is 11.8 Å². The molecule has 2 fully saturated rings. The summed E-state index contributed by atoms with van der Waals surface area (Å²) < 4.78 is 23.2. The van der Waals surface area contributed by atoms with Gasteiger partial charge in [0, 0.05) is 6.92 Å². The summed E-state index contributed by atoms with van der Waals surface area (Å²) in [5.74, 6) is -0.626. The lowest BCUT2D eigenvalue weighted by Crippen LogP contribution is -2.67. The van der Waals surface area contributed by atoms with E-state index in [2.05, 4.69) is 31.4 Å². The van der Waals surface area contributed by atoms with Crippen molar-refractivity contribution in [1.82, 2.24) is 10.6 Å². The molecule has 0 spiro atoms. The molecule has 0 bridgehead atoms. The van der Waals surface area contributed by atoms with Crippen LogP contribution in [0.5, 0.6) is 0 Å². The number of ether oxygens (including phenoxy) is 4. The molecule has 2 saturated heterocycles. The lowest BCUT2D eigenvalue weighted by atomic mass is 9.95. The number of hydrogen-bond acceptors (Lipinski definition) is 15. The van der Waals surface area contributed by atoms with Crippen LogP contribution in [-0.2, 0) is 28.5 Å². The first-order valence-electron chi connectivity index (χ1n) is 29.8. The molecule has 0 aromatic rings. The lowest BCUT2D eigenvalue weighted by molar-refractivity contribution is -0.347. The Balaban J connectivity index is 1.89. The minimum Gasteiger partial charge on any atom is -0.394 e. The van der Waals surface area contributed by atoms with Crippen LogP contribution in [0.4, 0.5) is 0 Å². The van der Waals surface area contributed by atoms with Crippen molar-refractivity contribution in [2.45, 2.75) is 325 Å². The van der Waals surface area contributed by atoms with Gasteiger partial charge < -0.3 is 75.5 Å². The van der Waals surface area contributed by atoms with Crippen molar-refractivity contribution in [3.8, 4) is 0 Å². The standard InChI is InChI=1S/C57H110N2O15/c1-5-6-7-8-9-10-11-12-13-14-15-16-17-18-19-20-25-28-31-34-37-45(64)55(70)59-43(49(65)44(63)36-33-30-27-24-22-21-23-26-29-32-35-41(2)3)40-71-57-53(69)52(68)54(47(39-61)73-57)74-56-48(58-42(4)62)51(67)50(66)46(38-60)72-56/h41,43-54,56-57,60-61,63-69H,5-40H2,1-4H3,(H,58,62)(H,59,70). The molecule has 0 radical (unpaired) electrons. The second kappa shape index (κ2) is 42.4. The topological polar surface area (TPSA) is 277 Å². The summed E-state index contributed by atoms with van der Waals surface area (Å²) in [4.78, 5) is 25.4. The third kappa shape index (κ3) is 28.9. The Kier molecular flexibility index (Phi) is 39.2. The van der Waals surface area contributed by atoms with Gasteiger partial charge >= 0.3 is 0 Å². The lowest BCUT2D eigenvalue weighted by Gasteiger charge is -2.47. The normalized spacial score (nSPS) is 26.0. The molecule has 2 amide bonds. The van der Waals surface area contributed by atoms with E-state index in [1.54, 1.807) is 0 Å². The molecule has 0 saturated carbocycles. The van der Waals surface area contributed by atoms with E-state index in [9.17, 15) is 55.5 Å². The summed E-state index contributed by atoms with van der Waals surface area (Å²) >= 11 is 0. The number of aliphatic hydroxyl groups is 9. The van der Waals surface area contributed by atoms with Crippen LogP contribution in [0, 0.1) is 5.92 Å². The highest BCUT2D eigenvalue weighted by Gasteiger charge is 2.51. The Hall–Kier alpha value is -1.58. The highest BCUT2D eigenvalue weighted by Crippen LogP contribution is 2.30. The van der Waals surface area contributed by atoms with Crippen molar-refractivity contribution in [2.75, 3.05) is 19.8 Å². The van der Waals surface area contributed by atoms with Gasteiger partial charge in [-0.25, -0.2) is 0 Å². The number of nitrogens with one attached hydrogen (secondary N) is 2. The molecule has 17 nitrogen and oxygen atoms in total. The average molecular weight is 1060 g/mol. The van der Waals surface area contributed by atoms with Crippen molar-refractivity contribution in [3.05, 3.63) is 0 Å². The Morgan fingerprint density at radius 2 is 0.946 bits per heavy atom. The predicted octanol–water partition coefficient (Wildman–Crippen LogP) is 6.89. The second-order valence-electron chi connectivity index (χ2n) is 22.3. The van der Waals surface area contributed by atoms with Crippen LogP contribution >= 0.6 is 0 Å². The zero-order valence-corrected chi connectivity index (χ0v) is 46.6. The molecule has 2 heterocycles. The van der Waals surface area contributed by atoms with Gasteiger partial charge in [0.1, 0.15) is 61.0 Å². The fraction of sp³-hybridized carbons (Fsp3) is 0.965. The second-order valence-corrected chi connectivity index (χ2v) is 22.3. The molecular formula is C57H110N2O15. The Morgan fingerprint density at radius 3 is 1.38 bits per heavy atom. The first kappa shape index (κ1) is 68.5. The Morgan fingerprint density at radius 1 is 0.527 bits per heavy atom. The first-order chi connectivity index (χ1) is 35.7. The minimum atomic E-state index is -1.86. The predicted molar refractivity (Wildman–Crippen MR) is 287 cm³/mol. The smallest absolute Gasteiger partial charge is 0.249 e. The number of hydrogen-bond donors (Lipinski definition) is 11. The summed E-state index contributed by atoms with van der Waals surface area (Å²) in [5, 5.41) is 102. The van der Waals surface area contributed by atoms with Gasteiger partial charge in [-0.2, -0.15) is 0 Å². The summed E-state index contributed by atoms with van der Waals surface area (Å²) in [7, 11) is 0. The molecule has 11 N–H and O–H groups in total. The van der Waals surface area contributed by atoms with Crippen molar-refractivity contribution in [1.29, 1.82) is 0 Å². The molecule has 17 heteroatoms.